The molecule has 0 saturated carbocycles. The molecule has 0 unspecified atom stereocenters. The van der Waals surface area contributed by atoms with Crippen molar-refractivity contribution in [1.29, 1.82) is 0 Å². The average Bonchev–Trinajstić information content (AvgIpc) is 2.73. The third kappa shape index (κ3) is 2.32. The minimum Gasteiger partial charge on any atom is -0.382 e. The highest BCUT2D eigenvalue weighted by molar-refractivity contribution is 5.49. The van der Waals surface area contributed by atoms with Gasteiger partial charge in [0.05, 0.1) is 13.2 Å². The zero-order chi connectivity index (χ0) is 10.7. The molecule has 2 heteroatoms. The molecule has 1 heterocycles. The van der Waals surface area contributed by atoms with Crippen LogP contribution in [-0.4, -0.2) is 6.04 Å². The van der Waals surface area contributed by atoms with Crippen LogP contribution >= 0.6 is 0 Å². The molecule has 15 heavy (non-hydrogen) atoms. The summed E-state index contributed by atoms with van der Waals surface area (Å²) >= 11 is 0. The lowest BCUT2D eigenvalue weighted by Gasteiger charge is -2.16. The van der Waals surface area contributed by atoms with Crippen molar-refractivity contribution in [2.24, 2.45) is 0 Å². The van der Waals surface area contributed by atoms with Gasteiger partial charge in [-0.2, -0.15) is 0 Å². The number of hydrogen-bond acceptors (Lipinski definition) is 2. The number of ether oxygens (including phenoxy) is 1. The lowest BCUT2D eigenvalue weighted by atomic mass is 10.1. The molecule has 82 valence electrons. The molecule has 1 aliphatic rings. The molecule has 0 bridgehead atoms. The van der Waals surface area contributed by atoms with Crippen molar-refractivity contribution >= 4 is 5.69 Å². The van der Waals surface area contributed by atoms with E-state index in [9.17, 15) is 0 Å². The number of rotatable bonds is 4. The molecular weight excluding hydrogens is 186 g/mol. The fraction of sp³-hybridized carbons (Fsp3) is 0.538. The van der Waals surface area contributed by atoms with Crippen LogP contribution in [0, 0.1) is 0 Å². The maximum atomic E-state index is 5.40. The van der Waals surface area contributed by atoms with Crippen LogP contribution in [0.5, 0.6) is 0 Å². The van der Waals surface area contributed by atoms with E-state index in [-0.39, 0.29) is 0 Å². The maximum absolute atomic E-state index is 5.40. The first-order valence-corrected chi connectivity index (χ1v) is 5.79. The van der Waals surface area contributed by atoms with Crippen molar-refractivity contribution in [3.8, 4) is 0 Å². The molecule has 0 atom stereocenters. The minimum atomic E-state index is 0.588. The first-order chi connectivity index (χ1) is 7.33. The van der Waals surface area contributed by atoms with Crippen molar-refractivity contribution in [3.63, 3.8) is 0 Å². The van der Waals surface area contributed by atoms with Crippen LogP contribution in [0.25, 0.3) is 0 Å². The number of fused-ring (bicyclic) bond motifs is 1. The summed E-state index contributed by atoms with van der Waals surface area (Å²) in [5, 5.41) is 3.55. The van der Waals surface area contributed by atoms with Gasteiger partial charge in [0, 0.05) is 11.7 Å². The first-order valence-electron chi connectivity index (χ1n) is 5.79. The van der Waals surface area contributed by atoms with Crippen LogP contribution in [0.1, 0.15) is 37.8 Å². The van der Waals surface area contributed by atoms with E-state index in [0.717, 1.165) is 13.2 Å². The Hall–Kier alpha value is -1.02. The Kier molecular flexibility index (Phi) is 3.27. The fourth-order valence-corrected chi connectivity index (χ4v) is 1.99. The summed E-state index contributed by atoms with van der Waals surface area (Å²) in [6.45, 7) is 5.99. The molecule has 1 aromatic carbocycles. The molecule has 0 amide bonds. The lowest BCUT2D eigenvalue weighted by Crippen LogP contribution is -2.16. The summed E-state index contributed by atoms with van der Waals surface area (Å²) in [6, 6.07) is 7.14. The van der Waals surface area contributed by atoms with Crippen LogP contribution in [-0.2, 0) is 18.0 Å². The molecule has 0 saturated heterocycles. The zero-order valence-electron chi connectivity index (χ0n) is 9.55. The predicted molar refractivity (Wildman–Crippen MR) is 62.9 cm³/mol. The largest absolute Gasteiger partial charge is 0.382 e. The zero-order valence-corrected chi connectivity index (χ0v) is 9.55. The minimum absolute atomic E-state index is 0.588. The molecule has 1 aromatic rings. The Morgan fingerprint density at radius 1 is 1.20 bits per heavy atom. The molecular formula is C13H19NO. The third-order valence-electron chi connectivity index (χ3n) is 3.08. The summed E-state index contributed by atoms with van der Waals surface area (Å²) in [7, 11) is 0. The van der Waals surface area contributed by atoms with Crippen LogP contribution in [0.15, 0.2) is 18.2 Å². The van der Waals surface area contributed by atoms with Crippen molar-refractivity contribution < 1.29 is 4.74 Å². The van der Waals surface area contributed by atoms with E-state index in [1.54, 1.807) is 0 Å². The molecule has 2 nitrogen and oxygen atoms in total. The second-order valence-electron chi connectivity index (χ2n) is 4.13. The molecule has 0 radical (unpaired) electrons. The molecule has 1 aliphatic heterocycles. The van der Waals surface area contributed by atoms with E-state index in [2.05, 4.69) is 37.4 Å². The van der Waals surface area contributed by atoms with Gasteiger partial charge in [-0.3, -0.25) is 0 Å². The monoisotopic (exact) mass is 205 g/mol. The Balaban J connectivity index is 2.09. The normalized spacial score (nSPS) is 14.3. The van der Waals surface area contributed by atoms with Gasteiger partial charge in [-0.25, -0.2) is 0 Å². The molecule has 0 aliphatic carbocycles. The molecule has 1 N–H and O–H groups in total. The fourth-order valence-electron chi connectivity index (χ4n) is 1.99. The van der Waals surface area contributed by atoms with Gasteiger partial charge in [-0.1, -0.05) is 19.9 Å². The predicted octanol–water partition coefficient (Wildman–Crippen LogP) is 3.32. The van der Waals surface area contributed by atoms with Gasteiger partial charge in [0.25, 0.3) is 0 Å². The number of nitrogens with one attached hydrogen (secondary N) is 1. The van der Waals surface area contributed by atoms with Crippen LogP contribution in [0.4, 0.5) is 5.69 Å². The second-order valence-corrected chi connectivity index (χ2v) is 4.13. The summed E-state index contributed by atoms with van der Waals surface area (Å²) < 4.78 is 5.40. The van der Waals surface area contributed by atoms with Crippen molar-refractivity contribution in [2.75, 3.05) is 5.32 Å². The third-order valence-corrected chi connectivity index (χ3v) is 3.08. The maximum Gasteiger partial charge on any atom is 0.0725 e. The Bertz CT molecular complexity index is 331. The lowest BCUT2D eigenvalue weighted by molar-refractivity contribution is 0.134. The highest BCUT2D eigenvalue weighted by Crippen LogP contribution is 2.24. The van der Waals surface area contributed by atoms with Crippen LogP contribution in [0.3, 0.4) is 0 Å². The van der Waals surface area contributed by atoms with Crippen molar-refractivity contribution in [1.82, 2.24) is 0 Å². The number of hydrogen-bond donors (Lipinski definition) is 1. The molecule has 0 spiro atoms. The SMILES string of the molecule is CCC(CC)Nc1ccc2c(c1)COC2. The van der Waals surface area contributed by atoms with Crippen molar-refractivity contribution in [3.05, 3.63) is 29.3 Å². The Labute approximate surface area is 91.6 Å². The smallest absolute Gasteiger partial charge is 0.0725 e. The van der Waals surface area contributed by atoms with Gasteiger partial charge in [0.15, 0.2) is 0 Å². The highest BCUT2D eigenvalue weighted by atomic mass is 16.5. The number of benzene rings is 1. The van der Waals surface area contributed by atoms with Gasteiger partial charge in [0.1, 0.15) is 0 Å². The summed E-state index contributed by atoms with van der Waals surface area (Å²) in [6.07, 6.45) is 2.34. The quantitative estimate of drug-likeness (QED) is 0.814. The van der Waals surface area contributed by atoms with Gasteiger partial charge < -0.3 is 10.1 Å². The Morgan fingerprint density at radius 2 is 1.93 bits per heavy atom. The van der Waals surface area contributed by atoms with Crippen LogP contribution in [0.2, 0.25) is 0 Å². The van der Waals surface area contributed by atoms with Gasteiger partial charge in [-0.15, -0.1) is 0 Å². The van der Waals surface area contributed by atoms with Gasteiger partial charge in [0.2, 0.25) is 0 Å². The highest BCUT2D eigenvalue weighted by Gasteiger charge is 2.11. The summed E-state index contributed by atoms with van der Waals surface area (Å²) in [5.41, 5.74) is 3.91. The first kappa shape index (κ1) is 10.5. The van der Waals surface area contributed by atoms with Crippen LogP contribution < -0.4 is 5.32 Å². The topological polar surface area (TPSA) is 21.3 Å². The van der Waals surface area contributed by atoms with E-state index >= 15 is 0 Å². The van der Waals surface area contributed by atoms with E-state index < -0.39 is 0 Å². The van der Waals surface area contributed by atoms with E-state index in [4.69, 9.17) is 4.74 Å². The average molecular weight is 205 g/mol. The molecule has 0 aromatic heterocycles. The van der Waals surface area contributed by atoms with E-state index in [1.807, 2.05) is 0 Å². The van der Waals surface area contributed by atoms with Gasteiger partial charge in [-0.05, 0) is 36.1 Å². The standard InChI is InChI=1S/C13H19NO/c1-3-12(4-2)14-13-6-5-10-8-15-9-11(10)7-13/h5-7,12,14H,3-4,8-9H2,1-2H3. The molecule has 2 rings (SSSR count). The second kappa shape index (κ2) is 4.67. The number of anilines is 1. The van der Waals surface area contributed by atoms with E-state index in [0.29, 0.717) is 6.04 Å². The van der Waals surface area contributed by atoms with Gasteiger partial charge >= 0.3 is 0 Å². The van der Waals surface area contributed by atoms with Crippen molar-refractivity contribution in [2.45, 2.75) is 45.9 Å². The summed E-state index contributed by atoms with van der Waals surface area (Å²) in [5.74, 6) is 0. The Morgan fingerprint density at radius 3 is 2.67 bits per heavy atom. The molecule has 0 fully saturated rings. The summed E-state index contributed by atoms with van der Waals surface area (Å²) in [4.78, 5) is 0. The van der Waals surface area contributed by atoms with E-state index in [1.165, 1.54) is 29.7 Å².